The largest absolute Gasteiger partial charge is 0.392 e. The number of hydrogen-bond acceptors (Lipinski definition) is 2. The van der Waals surface area contributed by atoms with Crippen LogP contribution in [-0.4, -0.2) is 17.0 Å². The summed E-state index contributed by atoms with van der Waals surface area (Å²) in [6.07, 6.45) is 4.42. The summed E-state index contributed by atoms with van der Waals surface area (Å²) < 4.78 is 0. The summed E-state index contributed by atoms with van der Waals surface area (Å²) in [6, 6.07) is 8.75. The maximum absolute atomic E-state index is 9.99. The van der Waals surface area contributed by atoms with Gasteiger partial charge in [0.15, 0.2) is 0 Å². The normalized spacial score (nSPS) is 25.6. The average Bonchev–Trinajstić information content (AvgIpc) is 2.31. The second-order valence-electron chi connectivity index (χ2n) is 4.46. The van der Waals surface area contributed by atoms with Crippen LogP contribution >= 0.6 is 11.8 Å². The van der Waals surface area contributed by atoms with Crippen molar-refractivity contribution in [2.24, 2.45) is 0 Å². The molecule has 2 atom stereocenters. The zero-order chi connectivity index (χ0) is 11.4. The summed E-state index contributed by atoms with van der Waals surface area (Å²) in [4.78, 5) is 1.33. The first-order valence-electron chi connectivity index (χ1n) is 6.22. The van der Waals surface area contributed by atoms with E-state index in [0.717, 1.165) is 18.6 Å². The third-order valence-corrected chi connectivity index (χ3v) is 4.24. The molecule has 88 valence electrons. The molecule has 2 rings (SSSR count). The van der Waals surface area contributed by atoms with Crippen molar-refractivity contribution in [1.82, 2.24) is 0 Å². The maximum Gasteiger partial charge on any atom is 0.0608 e. The number of aliphatic hydroxyl groups is 1. The van der Waals surface area contributed by atoms with Crippen molar-refractivity contribution < 1.29 is 5.11 Å². The minimum Gasteiger partial charge on any atom is -0.392 e. The molecule has 1 N–H and O–H groups in total. The van der Waals surface area contributed by atoms with Crippen LogP contribution in [0, 0.1) is 0 Å². The molecule has 2 heteroatoms. The highest BCUT2D eigenvalue weighted by Gasteiger charge is 2.24. The third-order valence-electron chi connectivity index (χ3n) is 3.35. The van der Waals surface area contributed by atoms with Crippen LogP contribution in [0.2, 0.25) is 0 Å². The smallest absolute Gasteiger partial charge is 0.0608 e. The van der Waals surface area contributed by atoms with Crippen molar-refractivity contribution in [1.29, 1.82) is 0 Å². The SMILES string of the molecule is CCSc1ccc([C@H]2CCCC[C@H]2O)cc1. The first-order valence-corrected chi connectivity index (χ1v) is 7.20. The predicted molar refractivity (Wildman–Crippen MR) is 70.1 cm³/mol. The highest BCUT2D eigenvalue weighted by molar-refractivity contribution is 7.99. The van der Waals surface area contributed by atoms with Crippen LogP contribution in [0.25, 0.3) is 0 Å². The quantitative estimate of drug-likeness (QED) is 0.805. The van der Waals surface area contributed by atoms with Crippen LogP contribution < -0.4 is 0 Å². The molecule has 1 aromatic rings. The molecule has 16 heavy (non-hydrogen) atoms. The fourth-order valence-corrected chi connectivity index (χ4v) is 3.14. The molecule has 0 amide bonds. The summed E-state index contributed by atoms with van der Waals surface area (Å²) in [5.74, 6) is 1.49. The zero-order valence-corrected chi connectivity index (χ0v) is 10.7. The standard InChI is InChI=1S/C14H20OS/c1-2-16-12-9-7-11(8-10-12)13-5-3-4-6-14(13)15/h7-10,13-15H,2-6H2,1H3/t13-,14-/m1/s1. The highest BCUT2D eigenvalue weighted by Crippen LogP contribution is 2.33. The van der Waals surface area contributed by atoms with E-state index in [9.17, 15) is 5.11 Å². The molecular formula is C14H20OS. The van der Waals surface area contributed by atoms with Gasteiger partial charge in [-0.2, -0.15) is 0 Å². The van der Waals surface area contributed by atoms with Gasteiger partial charge in [0.25, 0.3) is 0 Å². The topological polar surface area (TPSA) is 20.2 Å². The summed E-state index contributed by atoms with van der Waals surface area (Å²) in [6.45, 7) is 2.17. The van der Waals surface area contributed by atoms with Crippen LogP contribution in [-0.2, 0) is 0 Å². The molecule has 0 bridgehead atoms. The first-order chi connectivity index (χ1) is 7.81. The van der Waals surface area contributed by atoms with Gasteiger partial charge in [-0.1, -0.05) is 31.9 Å². The van der Waals surface area contributed by atoms with Crippen molar-refractivity contribution in [3.8, 4) is 0 Å². The Morgan fingerprint density at radius 1 is 1.19 bits per heavy atom. The number of thioether (sulfide) groups is 1. The summed E-state index contributed by atoms with van der Waals surface area (Å²) in [5, 5.41) is 9.99. The number of hydrogen-bond donors (Lipinski definition) is 1. The van der Waals surface area contributed by atoms with Crippen molar-refractivity contribution in [2.45, 2.75) is 49.5 Å². The zero-order valence-electron chi connectivity index (χ0n) is 9.86. The molecular weight excluding hydrogens is 216 g/mol. The molecule has 1 aliphatic carbocycles. The van der Waals surface area contributed by atoms with E-state index in [1.165, 1.54) is 23.3 Å². The molecule has 0 radical (unpaired) electrons. The van der Waals surface area contributed by atoms with E-state index in [2.05, 4.69) is 31.2 Å². The lowest BCUT2D eigenvalue weighted by atomic mass is 9.82. The Morgan fingerprint density at radius 3 is 2.50 bits per heavy atom. The summed E-state index contributed by atoms with van der Waals surface area (Å²) in [7, 11) is 0. The lowest BCUT2D eigenvalue weighted by Crippen LogP contribution is -2.22. The Labute approximate surface area is 102 Å². The Morgan fingerprint density at radius 2 is 1.88 bits per heavy atom. The Hall–Kier alpha value is -0.470. The van der Waals surface area contributed by atoms with Gasteiger partial charge in [-0.15, -0.1) is 11.8 Å². The Kier molecular flexibility index (Phi) is 4.30. The first kappa shape index (κ1) is 12.0. The van der Waals surface area contributed by atoms with Crippen molar-refractivity contribution in [3.63, 3.8) is 0 Å². The molecule has 0 heterocycles. The fourth-order valence-electron chi connectivity index (χ4n) is 2.48. The molecule has 1 aromatic carbocycles. The molecule has 0 unspecified atom stereocenters. The average molecular weight is 236 g/mol. The van der Waals surface area contributed by atoms with Gasteiger partial charge < -0.3 is 5.11 Å². The predicted octanol–water partition coefficient (Wildman–Crippen LogP) is 3.82. The van der Waals surface area contributed by atoms with Crippen molar-refractivity contribution in [3.05, 3.63) is 29.8 Å². The molecule has 0 aliphatic heterocycles. The molecule has 0 spiro atoms. The lowest BCUT2D eigenvalue weighted by molar-refractivity contribution is 0.106. The molecule has 1 saturated carbocycles. The van der Waals surface area contributed by atoms with Crippen LogP contribution in [0.4, 0.5) is 0 Å². The minimum absolute atomic E-state index is 0.126. The summed E-state index contributed by atoms with van der Waals surface area (Å²) in [5.41, 5.74) is 1.31. The summed E-state index contributed by atoms with van der Waals surface area (Å²) >= 11 is 1.87. The third kappa shape index (κ3) is 2.80. The second kappa shape index (κ2) is 5.74. The van der Waals surface area contributed by atoms with Gasteiger partial charge in [0.1, 0.15) is 0 Å². The number of aliphatic hydroxyl groups excluding tert-OH is 1. The van der Waals surface area contributed by atoms with Gasteiger partial charge in [0.2, 0.25) is 0 Å². The molecule has 1 nitrogen and oxygen atoms in total. The van der Waals surface area contributed by atoms with E-state index in [1.807, 2.05) is 11.8 Å². The van der Waals surface area contributed by atoms with Gasteiger partial charge in [-0.25, -0.2) is 0 Å². The van der Waals surface area contributed by atoms with Crippen LogP contribution in [0.3, 0.4) is 0 Å². The van der Waals surface area contributed by atoms with Gasteiger partial charge in [0, 0.05) is 10.8 Å². The Bertz CT molecular complexity index is 320. The van der Waals surface area contributed by atoms with Crippen LogP contribution in [0.5, 0.6) is 0 Å². The van der Waals surface area contributed by atoms with E-state index in [-0.39, 0.29) is 6.10 Å². The van der Waals surface area contributed by atoms with Crippen LogP contribution in [0.15, 0.2) is 29.2 Å². The molecule has 1 aliphatic rings. The van der Waals surface area contributed by atoms with E-state index >= 15 is 0 Å². The van der Waals surface area contributed by atoms with E-state index < -0.39 is 0 Å². The van der Waals surface area contributed by atoms with E-state index in [0.29, 0.717) is 5.92 Å². The lowest BCUT2D eigenvalue weighted by Gasteiger charge is -2.28. The van der Waals surface area contributed by atoms with Gasteiger partial charge in [0.05, 0.1) is 6.10 Å². The fraction of sp³-hybridized carbons (Fsp3) is 0.571. The number of benzene rings is 1. The highest BCUT2D eigenvalue weighted by atomic mass is 32.2. The molecule has 0 aromatic heterocycles. The van der Waals surface area contributed by atoms with Crippen LogP contribution in [0.1, 0.15) is 44.1 Å². The molecule has 0 saturated heterocycles. The monoisotopic (exact) mass is 236 g/mol. The van der Waals surface area contributed by atoms with Gasteiger partial charge in [-0.05, 0) is 36.3 Å². The Balaban J connectivity index is 2.08. The minimum atomic E-state index is -0.126. The van der Waals surface area contributed by atoms with Gasteiger partial charge >= 0.3 is 0 Å². The maximum atomic E-state index is 9.99. The number of rotatable bonds is 3. The second-order valence-corrected chi connectivity index (χ2v) is 5.80. The van der Waals surface area contributed by atoms with Crippen molar-refractivity contribution in [2.75, 3.05) is 5.75 Å². The van der Waals surface area contributed by atoms with Crippen molar-refractivity contribution >= 4 is 11.8 Å². The van der Waals surface area contributed by atoms with E-state index in [1.54, 1.807) is 0 Å². The molecule has 1 fully saturated rings. The van der Waals surface area contributed by atoms with Gasteiger partial charge in [-0.3, -0.25) is 0 Å². The van der Waals surface area contributed by atoms with E-state index in [4.69, 9.17) is 0 Å².